The summed E-state index contributed by atoms with van der Waals surface area (Å²) < 4.78 is 10.6. The molecule has 0 aromatic heterocycles. The molecule has 25 heavy (non-hydrogen) atoms. The lowest BCUT2D eigenvalue weighted by Crippen LogP contribution is -2.06. The number of carboxylic acid groups (broad SMARTS) is 1. The van der Waals surface area contributed by atoms with Crippen LogP contribution < -0.4 is 9.47 Å². The van der Waals surface area contributed by atoms with Gasteiger partial charge in [0.1, 0.15) is 6.61 Å². The number of hydrogen-bond donors (Lipinski definition) is 1. The monoisotopic (exact) mass is 336 g/mol. The van der Waals surface area contributed by atoms with Crippen molar-refractivity contribution in [1.29, 1.82) is 0 Å². The van der Waals surface area contributed by atoms with Crippen molar-refractivity contribution < 1.29 is 24.2 Å². The van der Waals surface area contributed by atoms with Crippen LogP contribution in [0.1, 0.15) is 26.3 Å². The van der Waals surface area contributed by atoms with Crippen LogP contribution >= 0.6 is 0 Å². The van der Waals surface area contributed by atoms with Crippen LogP contribution in [-0.2, 0) is 0 Å². The number of ether oxygens (including phenoxy) is 2. The number of carbonyl (C=O) groups is 2. The zero-order valence-corrected chi connectivity index (χ0v) is 13.6. The van der Waals surface area contributed by atoms with Gasteiger partial charge in [0, 0.05) is 5.56 Å². The number of terminal acetylenes is 1. The fourth-order valence-electron chi connectivity index (χ4n) is 2.17. The lowest BCUT2D eigenvalue weighted by Gasteiger charge is -2.09. The standard InChI is InChI=1S/C20H16O5/c1-3-12-25-18-11-9-14(13-19(18)24-2)8-10-17(21)15-6-4-5-7-16(15)20(22)23/h1,4-11,13H,12H2,2H3,(H,22,23)/b10-8+. The van der Waals surface area contributed by atoms with E-state index in [1.54, 1.807) is 36.4 Å². The summed E-state index contributed by atoms with van der Waals surface area (Å²) in [7, 11) is 1.50. The van der Waals surface area contributed by atoms with Crippen LogP contribution in [0.15, 0.2) is 48.5 Å². The zero-order chi connectivity index (χ0) is 18.2. The van der Waals surface area contributed by atoms with E-state index in [1.807, 2.05) is 0 Å². The topological polar surface area (TPSA) is 72.8 Å². The molecule has 5 nitrogen and oxygen atoms in total. The Hall–Kier alpha value is -3.52. The average Bonchev–Trinajstić information content (AvgIpc) is 2.64. The third kappa shape index (κ3) is 4.49. The second-order valence-corrected chi connectivity index (χ2v) is 4.95. The second-order valence-electron chi connectivity index (χ2n) is 4.95. The van der Waals surface area contributed by atoms with Gasteiger partial charge < -0.3 is 14.6 Å². The van der Waals surface area contributed by atoms with Gasteiger partial charge in [-0.2, -0.15) is 0 Å². The first-order valence-electron chi connectivity index (χ1n) is 7.36. The molecule has 0 bridgehead atoms. The van der Waals surface area contributed by atoms with E-state index in [2.05, 4.69) is 5.92 Å². The van der Waals surface area contributed by atoms with Crippen LogP contribution in [0.3, 0.4) is 0 Å². The molecular weight excluding hydrogens is 320 g/mol. The van der Waals surface area contributed by atoms with Gasteiger partial charge in [0.15, 0.2) is 17.3 Å². The molecule has 0 aliphatic rings. The Labute approximate surface area is 145 Å². The van der Waals surface area contributed by atoms with Gasteiger partial charge in [0.25, 0.3) is 0 Å². The van der Waals surface area contributed by atoms with E-state index in [1.165, 1.54) is 25.3 Å². The normalized spacial score (nSPS) is 10.2. The molecule has 0 aliphatic heterocycles. The van der Waals surface area contributed by atoms with Crippen molar-refractivity contribution in [3.8, 4) is 23.8 Å². The number of carboxylic acids is 1. The van der Waals surface area contributed by atoms with Gasteiger partial charge in [-0.3, -0.25) is 4.79 Å². The Morgan fingerprint density at radius 2 is 1.88 bits per heavy atom. The van der Waals surface area contributed by atoms with Crippen molar-refractivity contribution in [1.82, 2.24) is 0 Å². The quantitative estimate of drug-likeness (QED) is 0.477. The smallest absolute Gasteiger partial charge is 0.336 e. The van der Waals surface area contributed by atoms with Gasteiger partial charge in [-0.15, -0.1) is 6.42 Å². The Kier molecular flexibility index (Phi) is 5.97. The molecule has 0 unspecified atom stereocenters. The number of aromatic carboxylic acids is 1. The fourth-order valence-corrected chi connectivity index (χ4v) is 2.17. The third-order valence-corrected chi connectivity index (χ3v) is 3.35. The van der Waals surface area contributed by atoms with Crippen LogP contribution in [0.2, 0.25) is 0 Å². The highest BCUT2D eigenvalue weighted by molar-refractivity contribution is 6.12. The maximum Gasteiger partial charge on any atom is 0.336 e. The van der Waals surface area contributed by atoms with Crippen molar-refractivity contribution in [2.75, 3.05) is 13.7 Å². The van der Waals surface area contributed by atoms with Gasteiger partial charge >= 0.3 is 5.97 Å². The van der Waals surface area contributed by atoms with Crippen LogP contribution in [0.25, 0.3) is 6.08 Å². The molecule has 0 heterocycles. The minimum Gasteiger partial charge on any atom is -0.493 e. The molecular formula is C20H16O5. The predicted octanol–water partition coefficient (Wildman–Crippen LogP) is 3.30. The Bertz CT molecular complexity index is 859. The summed E-state index contributed by atoms with van der Waals surface area (Å²) in [6.45, 7) is 0.121. The Morgan fingerprint density at radius 1 is 1.16 bits per heavy atom. The second kappa shape index (κ2) is 8.37. The highest BCUT2D eigenvalue weighted by atomic mass is 16.5. The highest BCUT2D eigenvalue weighted by Crippen LogP contribution is 2.28. The molecule has 0 atom stereocenters. The van der Waals surface area contributed by atoms with Crippen LogP contribution in [-0.4, -0.2) is 30.6 Å². The van der Waals surface area contributed by atoms with Crippen LogP contribution in [0, 0.1) is 12.3 Å². The molecule has 2 aromatic rings. The van der Waals surface area contributed by atoms with E-state index >= 15 is 0 Å². The first-order valence-corrected chi connectivity index (χ1v) is 7.36. The van der Waals surface area contributed by atoms with Crippen molar-refractivity contribution in [2.24, 2.45) is 0 Å². The van der Waals surface area contributed by atoms with Gasteiger partial charge in [0.05, 0.1) is 12.7 Å². The maximum absolute atomic E-state index is 12.3. The molecule has 0 fully saturated rings. The molecule has 0 radical (unpaired) electrons. The molecule has 0 saturated heterocycles. The van der Waals surface area contributed by atoms with E-state index in [9.17, 15) is 9.59 Å². The number of carbonyl (C=O) groups excluding carboxylic acids is 1. The minimum absolute atomic E-state index is 0.0345. The van der Waals surface area contributed by atoms with Gasteiger partial charge in [-0.25, -0.2) is 4.79 Å². The van der Waals surface area contributed by atoms with Crippen molar-refractivity contribution in [3.63, 3.8) is 0 Å². The Balaban J connectivity index is 2.23. The number of methoxy groups -OCH3 is 1. The summed E-state index contributed by atoms with van der Waals surface area (Å²) in [5, 5.41) is 9.15. The molecule has 0 aliphatic carbocycles. The summed E-state index contributed by atoms with van der Waals surface area (Å²) in [5.74, 6) is 1.81. The van der Waals surface area contributed by atoms with E-state index in [-0.39, 0.29) is 17.7 Å². The van der Waals surface area contributed by atoms with Crippen molar-refractivity contribution in [3.05, 3.63) is 65.2 Å². The van der Waals surface area contributed by atoms with Crippen molar-refractivity contribution in [2.45, 2.75) is 0 Å². The molecule has 0 spiro atoms. The molecule has 2 rings (SSSR count). The molecule has 0 saturated carbocycles. The lowest BCUT2D eigenvalue weighted by molar-refractivity contribution is 0.0693. The summed E-state index contributed by atoms with van der Waals surface area (Å²) >= 11 is 0. The minimum atomic E-state index is -1.14. The fraction of sp³-hybridized carbons (Fsp3) is 0.100. The lowest BCUT2D eigenvalue weighted by atomic mass is 10.0. The summed E-state index contributed by atoms with van der Waals surface area (Å²) in [6, 6.07) is 11.2. The number of hydrogen-bond acceptors (Lipinski definition) is 4. The van der Waals surface area contributed by atoms with Crippen LogP contribution in [0.5, 0.6) is 11.5 Å². The maximum atomic E-state index is 12.3. The van der Waals surface area contributed by atoms with E-state index < -0.39 is 11.8 Å². The average molecular weight is 336 g/mol. The zero-order valence-electron chi connectivity index (χ0n) is 13.6. The first-order chi connectivity index (χ1) is 12.1. The summed E-state index contributed by atoms with van der Waals surface area (Å²) in [5.41, 5.74) is 0.797. The molecule has 2 aromatic carbocycles. The summed E-state index contributed by atoms with van der Waals surface area (Å²) in [6.07, 6.45) is 8.06. The Morgan fingerprint density at radius 3 is 2.52 bits per heavy atom. The number of benzene rings is 2. The van der Waals surface area contributed by atoms with Gasteiger partial charge in [0.2, 0.25) is 0 Å². The van der Waals surface area contributed by atoms with Gasteiger partial charge in [-0.1, -0.05) is 36.3 Å². The molecule has 1 N–H and O–H groups in total. The number of allylic oxidation sites excluding steroid dienone is 1. The van der Waals surface area contributed by atoms with Gasteiger partial charge in [-0.05, 0) is 29.8 Å². The third-order valence-electron chi connectivity index (χ3n) is 3.35. The van der Waals surface area contributed by atoms with Crippen LogP contribution in [0.4, 0.5) is 0 Å². The predicted molar refractivity (Wildman–Crippen MR) is 94.1 cm³/mol. The SMILES string of the molecule is C#CCOc1ccc(/C=C/C(=O)c2ccccc2C(=O)O)cc1OC. The summed E-state index contributed by atoms with van der Waals surface area (Å²) in [4.78, 5) is 23.5. The van der Waals surface area contributed by atoms with Crippen molar-refractivity contribution >= 4 is 17.8 Å². The molecule has 126 valence electrons. The number of ketones is 1. The molecule has 0 amide bonds. The highest BCUT2D eigenvalue weighted by Gasteiger charge is 2.13. The number of rotatable bonds is 7. The van der Waals surface area contributed by atoms with E-state index in [0.29, 0.717) is 17.1 Å². The first kappa shape index (κ1) is 17.8. The van der Waals surface area contributed by atoms with E-state index in [4.69, 9.17) is 21.0 Å². The van der Waals surface area contributed by atoms with E-state index in [0.717, 1.165) is 0 Å². The largest absolute Gasteiger partial charge is 0.493 e. The molecule has 5 heteroatoms.